The Morgan fingerprint density at radius 3 is 2.56 bits per heavy atom. The van der Waals surface area contributed by atoms with Gasteiger partial charge in [0.2, 0.25) is 0 Å². The number of carbonyl (C=O) groups excluding carboxylic acids is 2. The molecule has 1 aliphatic heterocycles. The number of rotatable bonds is 4. The number of esters is 2. The zero-order valence-corrected chi connectivity index (χ0v) is 16.8. The maximum absolute atomic E-state index is 12.2. The fraction of sp³-hybridized carbons (Fsp3) is 0.100. The summed E-state index contributed by atoms with van der Waals surface area (Å²) >= 11 is 9.56. The Balaban J connectivity index is 1.96. The van der Waals surface area contributed by atoms with E-state index >= 15 is 0 Å². The maximum atomic E-state index is 12.2. The Labute approximate surface area is 169 Å². The zero-order chi connectivity index (χ0) is 19.6. The second-order valence-corrected chi connectivity index (χ2v) is 6.96. The van der Waals surface area contributed by atoms with Gasteiger partial charge in [0.1, 0.15) is 5.76 Å². The van der Waals surface area contributed by atoms with E-state index in [1.807, 2.05) is 24.3 Å². The van der Waals surface area contributed by atoms with E-state index in [0.29, 0.717) is 16.9 Å². The molecule has 1 heterocycles. The van der Waals surface area contributed by atoms with Crippen molar-refractivity contribution < 1.29 is 23.8 Å². The standard InChI is InChI=1S/C20H14BrClO5/c1-11(23)26-19-16(22)8-12(9-18(19)25-2)7-14-10-17(27-20(14)24)13-3-5-15(21)6-4-13/h3-10H,1-2H3/b14-7+. The van der Waals surface area contributed by atoms with Gasteiger partial charge in [-0.25, -0.2) is 4.79 Å². The fourth-order valence-electron chi connectivity index (χ4n) is 2.49. The molecule has 0 radical (unpaired) electrons. The Hall–Kier alpha value is -2.57. The van der Waals surface area contributed by atoms with Crippen LogP contribution in [0.2, 0.25) is 5.02 Å². The molecule has 0 saturated carbocycles. The first-order valence-electron chi connectivity index (χ1n) is 7.85. The first-order chi connectivity index (χ1) is 12.9. The summed E-state index contributed by atoms with van der Waals surface area (Å²) < 4.78 is 16.6. The SMILES string of the molecule is COc1cc(/C=C2\C=C(c3ccc(Br)cc3)OC2=O)cc(Cl)c1OC(C)=O. The molecule has 0 amide bonds. The highest BCUT2D eigenvalue weighted by Gasteiger charge is 2.22. The molecule has 5 nitrogen and oxygen atoms in total. The summed E-state index contributed by atoms with van der Waals surface area (Å²) in [7, 11) is 1.44. The van der Waals surface area contributed by atoms with Crippen molar-refractivity contribution in [3.63, 3.8) is 0 Å². The van der Waals surface area contributed by atoms with Crippen molar-refractivity contribution in [1.29, 1.82) is 0 Å². The van der Waals surface area contributed by atoms with Gasteiger partial charge in [0, 0.05) is 17.0 Å². The summed E-state index contributed by atoms with van der Waals surface area (Å²) in [6.07, 6.45) is 3.28. The summed E-state index contributed by atoms with van der Waals surface area (Å²) in [5, 5.41) is 0.194. The highest BCUT2D eigenvalue weighted by Crippen LogP contribution is 2.38. The van der Waals surface area contributed by atoms with Crippen LogP contribution in [0.3, 0.4) is 0 Å². The summed E-state index contributed by atoms with van der Waals surface area (Å²) in [5.41, 5.74) is 1.76. The Kier molecular flexibility index (Phi) is 5.68. The maximum Gasteiger partial charge on any atom is 0.343 e. The van der Waals surface area contributed by atoms with Crippen molar-refractivity contribution >= 4 is 51.3 Å². The lowest BCUT2D eigenvalue weighted by molar-refractivity contribution is -0.132. The minimum absolute atomic E-state index is 0.133. The molecule has 0 spiro atoms. The Morgan fingerprint density at radius 1 is 1.22 bits per heavy atom. The summed E-state index contributed by atoms with van der Waals surface area (Å²) in [6.45, 7) is 1.27. The molecule has 0 aromatic heterocycles. The largest absolute Gasteiger partial charge is 0.493 e. The molecule has 0 atom stereocenters. The molecule has 2 aromatic carbocycles. The van der Waals surface area contributed by atoms with Gasteiger partial charge < -0.3 is 14.2 Å². The van der Waals surface area contributed by atoms with Crippen molar-refractivity contribution in [2.24, 2.45) is 0 Å². The third kappa shape index (κ3) is 4.40. The number of benzene rings is 2. The number of hydrogen-bond acceptors (Lipinski definition) is 5. The molecule has 0 unspecified atom stereocenters. The summed E-state index contributed by atoms with van der Waals surface area (Å²) in [6, 6.07) is 10.6. The van der Waals surface area contributed by atoms with E-state index < -0.39 is 11.9 Å². The quantitative estimate of drug-likeness (QED) is 0.373. The zero-order valence-electron chi connectivity index (χ0n) is 14.4. The average molecular weight is 450 g/mol. The summed E-state index contributed by atoms with van der Waals surface area (Å²) in [5.74, 6) is -0.0925. The molecule has 0 saturated heterocycles. The number of hydrogen-bond donors (Lipinski definition) is 0. The van der Waals surface area contributed by atoms with Crippen LogP contribution in [0, 0.1) is 0 Å². The molecular weight excluding hydrogens is 436 g/mol. The highest BCUT2D eigenvalue weighted by molar-refractivity contribution is 9.10. The Bertz CT molecular complexity index is 977. The summed E-state index contributed by atoms with van der Waals surface area (Å²) in [4.78, 5) is 23.4. The molecule has 3 rings (SSSR count). The lowest BCUT2D eigenvalue weighted by atomic mass is 10.1. The number of methoxy groups -OCH3 is 1. The highest BCUT2D eigenvalue weighted by atomic mass is 79.9. The lowest BCUT2D eigenvalue weighted by Crippen LogP contribution is -2.04. The molecule has 0 fully saturated rings. The normalized spacial score (nSPS) is 14.7. The number of cyclic esters (lactones) is 1. The molecule has 0 N–H and O–H groups in total. The van der Waals surface area contributed by atoms with Gasteiger partial charge in [-0.05, 0) is 42.0 Å². The predicted octanol–water partition coefficient (Wildman–Crippen LogP) is 5.02. The van der Waals surface area contributed by atoms with Crippen molar-refractivity contribution in [1.82, 2.24) is 0 Å². The minimum atomic E-state index is -0.511. The monoisotopic (exact) mass is 448 g/mol. The van der Waals surface area contributed by atoms with E-state index in [0.717, 1.165) is 10.0 Å². The van der Waals surface area contributed by atoms with Gasteiger partial charge in [-0.3, -0.25) is 4.79 Å². The molecule has 138 valence electrons. The van der Waals surface area contributed by atoms with E-state index in [9.17, 15) is 9.59 Å². The van der Waals surface area contributed by atoms with E-state index in [1.165, 1.54) is 14.0 Å². The van der Waals surface area contributed by atoms with Crippen LogP contribution in [0.4, 0.5) is 0 Å². The Morgan fingerprint density at radius 2 is 1.93 bits per heavy atom. The second-order valence-electron chi connectivity index (χ2n) is 5.63. The third-order valence-electron chi connectivity index (χ3n) is 3.67. The van der Waals surface area contributed by atoms with Crippen molar-refractivity contribution in [3.8, 4) is 11.5 Å². The number of halogens is 2. The van der Waals surface area contributed by atoms with Gasteiger partial charge in [0.15, 0.2) is 11.5 Å². The fourth-order valence-corrected chi connectivity index (χ4v) is 3.01. The van der Waals surface area contributed by atoms with Crippen LogP contribution < -0.4 is 9.47 Å². The lowest BCUT2D eigenvalue weighted by Gasteiger charge is -2.11. The van der Waals surface area contributed by atoms with Gasteiger partial charge in [0.05, 0.1) is 17.7 Å². The van der Waals surface area contributed by atoms with Crippen LogP contribution in [0.5, 0.6) is 11.5 Å². The molecule has 2 aromatic rings. The van der Waals surface area contributed by atoms with Crippen LogP contribution in [0.15, 0.2) is 52.5 Å². The van der Waals surface area contributed by atoms with Gasteiger partial charge in [-0.1, -0.05) is 39.7 Å². The topological polar surface area (TPSA) is 61.8 Å². The average Bonchev–Trinajstić information content (AvgIpc) is 2.98. The van der Waals surface area contributed by atoms with Crippen LogP contribution in [0.25, 0.3) is 11.8 Å². The first-order valence-corrected chi connectivity index (χ1v) is 9.02. The molecule has 0 bridgehead atoms. The van der Waals surface area contributed by atoms with Crippen molar-refractivity contribution in [2.45, 2.75) is 6.92 Å². The molecule has 0 aliphatic carbocycles. The van der Waals surface area contributed by atoms with Gasteiger partial charge in [-0.2, -0.15) is 0 Å². The van der Waals surface area contributed by atoms with E-state index in [1.54, 1.807) is 24.3 Å². The molecule has 27 heavy (non-hydrogen) atoms. The number of carbonyl (C=O) groups is 2. The predicted molar refractivity (Wildman–Crippen MR) is 106 cm³/mol. The van der Waals surface area contributed by atoms with Crippen molar-refractivity contribution in [3.05, 3.63) is 68.7 Å². The smallest absolute Gasteiger partial charge is 0.343 e. The van der Waals surface area contributed by atoms with Crippen LogP contribution in [-0.4, -0.2) is 19.0 Å². The van der Waals surface area contributed by atoms with Crippen LogP contribution in [0.1, 0.15) is 18.1 Å². The third-order valence-corrected chi connectivity index (χ3v) is 4.48. The van der Waals surface area contributed by atoms with E-state index in [2.05, 4.69) is 15.9 Å². The van der Waals surface area contributed by atoms with Crippen LogP contribution >= 0.6 is 27.5 Å². The molecule has 1 aliphatic rings. The van der Waals surface area contributed by atoms with E-state index in [-0.39, 0.29) is 16.5 Å². The number of ether oxygens (including phenoxy) is 3. The van der Waals surface area contributed by atoms with Gasteiger partial charge in [-0.15, -0.1) is 0 Å². The van der Waals surface area contributed by atoms with Crippen LogP contribution in [-0.2, 0) is 14.3 Å². The molecule has 7 heteroatoms. The van der Waals surface area contributed by atoms with Gasteiger partial charge >= 0.3 is 11.9 Å². The molecular formula is C20H14BrClO5. The van der Waals surface area contributed by atoms with Gasteiger partial charge in [0.25, 0.3) is 0 Å². The van der Waals surface area contributed by atoms with E-state index in [4.69, 9.17) is 25.8 Å². The first kappa shape index (κ1) is 19.2. The minimum Gasteiger partial charge on any atom is -0.493 e. The van der Waals surface area contributed by atoms with Crippen molar-refractivity contribution in [2.75, 3.05) is 7.11 Å². The second kappa shape index (κ2) is 7.98.